The van der Waals surface area contributed by atoms with Gasteiger partial charge in [-0.3, -0.25) is 4.79 Å². The summed E-state index contributed by atoms with van der Waals surface area (Å²) in [5.74, 6) is -2.95. The van der Waals surface area contributed by atoms with Crippen LogP contribution in [0, 0.1) is 5.82 Å². The lowest BCUT2D eigenvalue weighted by atomic mass is 10.1. The van der Waals surface area contributed by atoms with E-state index in [1.165, 1.54) is 11.3 Å². The van der Waals surface area contributed by atoms with Crippen molar-refractivity contribution < 1.29 is 53.4 Å². The Labute approximate surface area is 271 Å². The van der Waals surface area contributed by atoms with E-state index >= 15 is 0 Å². The summed E-state index contributed by atoms with van der Waals surface area (Å²) in [5, 5.41) is 2.93. The van der Waals surface area contributed by atoms with Crippen LogP contribution in [0.15, 0.2) is 53.6 Å². The van der Waals surface area contributed by atoms with Crippen molar-refractivity contribution in [1.82, 2.24) is 24.6 Å². The molecule has 2 aromatic carbocycles. The second-order valence-electron chi connectivity index (χ2n) is 10.8. The number of sulfonamides is 1. The number of alkyl halides is 6. The SMILES string of the molecule is O=C(NCc1ccc(OC(F)(F)F)c(F)c1)[C@H]1CN(c2nc3nc(C4CC4)ncc3s2)CCN1S(=O)(=O)c1ccc(OC(F)(F)F)cc1. The van der Waals surface area contributed by atoms with Gasteiger partial charge in [-0.05, 0) is 54.8 Å². The van der Waals surface area contributed by atoms with Gasteiger partial charge in [0.2, 0.25) is 15.9 Å². The molecule has 6 rings (SSSR count). The summed E-state index contributed by atoms with van der Waals surface area (Å²) in [6.07, 6.45) is -6.52. The van der Waals surface area contributed by atoms with E-state index in [1.807, 2.05) is 0 Å². The zero-order valence-electron chi connectivity index (χ0n) is 24.3. The summed E-state index contributed by atoms with van der Waals surface area (Å²) >= 11 is 1.24. The van der Waals surface area contributed by atoms with Crippen molar-refractivity contribution in [3.05, 3.63) is 65.9 Å². The molecular weight excluding hydrogens is 697 g/mol. The number of ether oxygens (including phenoxy) is 2. The average molecular weight is 721 g/mol. The fourth-order valence-electron chi connectivity index (χ4n) is 4.97. The standard InChI is InChI=1S/C28H23F7N6O5S2/c29-19-11-15(1-8-21(19)46-28(33,34)35)12-37-25(42)20-14-40(26-39-24-22(47-26)13-36-23(38-24)16-2-3-16)9-10-41(20)48(43,44)18-6-4-17(5-7-18)45-27(30,31)32/h1,4-8,11,13,16,20H,2-3,9-10,12,14H2,(H,37,42)/t20-/m1/s1. The molecule has 2 aromatic heterocycles. The molecule has 0 radical (unpaired) electrons. The number of benzene rings is 2. The van der Waals surface area contributed by atoms with Crippen LogP contribution < -0.4 is 19.7 Å². The van der Waals surface area contributed by atoms with Gasteiger partial charge in [0.1, 0.15) is 17.6 Å². The minimum Gasteiger partial charge on any atom is -0.406 e. The molecular formula is C28H23F7N6O5S2. The fraction of sp³-hybridized carbons (Fsp3) is 0.357. The number of piperazine rings is 1. The molecule has 2 aliphatic rings. The lowest BCUT2D eigenvalue weighted by molar-refractivity contribution is -0.276. The third-order valence-corrected chi connectivity index (χ3v) is 10.3. The molecule has 48 heavy (non-hydrogen) atoms. The summed E-state index contributed by atoms with van der Waals surface area (Å²) in [6, 6.07) is 4.60. The maximum atomic E-state index is 14.3. The Morgan fingerprint density at radius 3 is 2.33 bits per heavy atom. The number of fused-ring (bicyclic) bond motifs is 1. The Balaban J connectivity index is 1.24. The molecule has 2 fully saturated rings. The molecule has 1 aliphatic carbocycles. The molecule has 1 N–H and O–H groups in total. The smallest absolute Gasteiger partial charge is 0.406 e. The fourth-order valence-corrected chi connectivity index (χ4v) is 7.45. The molecule has 256 valence electrons. The van der Waals surface area contributed by atoms with Crippen LogP contribution in [-0.4, -0.2) is 72.0 Å². The van der Waals surface area contributed by atoms with Crippen LogP contribution in [0.4, 0.5) is 35.9 Å². The third kappa shape index (κ3) is 7.70. The van der Waals surface area contributed by atoms with Gasteiger partial charge in [-0.15, -0.1) is 26.3 Å². The minimum absolute atomic E-state index is 0.0499. The predicted octanol–water partition coefficient (Wildman–Crippen LogP) is 5.10. The van der Waals surface area contributed by atoms with Crippen molar-refractivity contribution in [2.75, 3.05) is 24.5 Å². The molecule has 1 saturated carbocycles. The van der Waals surface area contributed by atoms with Gasteiger partial charge in [0, 0.05) is 32.1 Å². The molecule has 20 heteroatoms. The number of carbonyl (C=O) groups excluding carboxylic acids is 1. The van der Waals surface area contributed by atoms with E-state index in [2.05, 4.69) is 29.7 Å². The summed E-state index contributed by atoms with van der Waals surface area (Å²) < 4.78 is 126. The monoisotopic (exact) mass is 720 g/mol. The molecule has 1 atom stereocenters. The highest BCUT2D eigenvalue weighted by molar-refractivity contribution is 7.89. The molecule has 1 amide bonds. The van der Waals surface area contributed by atoms with Gasteiger partial charge in [0.25, 0.3) is 0 Å². The molecule has 0 unspecified atom stereocenters. The number of thiazole rings is 1. The van der Waals surface area contributed by atoms with Gasteiger partial charge in [-0.25, -0.2) is 22.8 Å². The quantitative estimate of drug-likeness (QED) is 0.235. The number of aromatic nitrogens is 3. The second kappa shape index (κ2) is 12.6. The Hall–Kier alpha value is -4.30. The van der Waals surface area contributed by atoms with Gasteiger partial charge < -0.3 is 19.7 Å². The Morgan fingerprint density at radius 1 is 0.979 bits per heavy atom. The van der Waals surface area contributed by atoms with E-state index in [0.29, 0.717) is 21.3 Å². The first-order valence-corrected chi connectivity index (χ1v) is 16.4. The molecule has 0 bridgehead atoms. The largest absolute Gasteiger partial charge is 0.573 e. The van der Waals surface area contributed by atoms with Crippen LogP contribution in [0.3, 0.4) is 0 Å². The minimum atomic E-state index is -5.13. The summed E-state index contributed by atoms with van der Waals surface area (Å²) in [7, 11) is -4.48. The van der Waals surface area contributed by atoms with Crippen molar-refractivity contribution in [3.63, 3.8) is 0 Å². The average Bonchev–Trinajstić information content (AvgIpc) is 3.78. The van der Waals surface area contributed by atoms with Crippen molar-refractivity contribution in [3.8, 4) is 11.5 Å². The summed E-state index contributed by atoms with van der Waals surface area (Å²) in [6.45, 7) is -0.770. The first-order chi connectivity index (χ1) is 22.6. The molecule has 3 heterocycles. The van der Waals surface area contributed by atoms with Gasteiger partial charge in [-0.2, -0.15) is 9.29 Å². The first-order valence-electron chi connectivity index (χ1n) is 14.1. The Morgan fingerprint density at radius 2 is 1.69 bits per heavy atom. The van der Waals surface area contributed by atoms with Crippen molar-refractivity contribution in [1.29, 1.82) is 0 Å². The van der Waals surface area contributed by atoms with Crippen LogP contribution >= 0.6 is 11.3 Å². The number of hydrogen-bond acceptors (Lipinski definition) is 10. The van der Waals surface area contributed by atoms with Gasteiger partial charge in [0.05, 0.1) is 15.8 Å². The van der Waals surface area contributed by atoms with Crippen LogP contribution in [-0.2, 0) is 21.4 Å². The number of nitrogens with zero attached hydrogens (tertiary/aromatic N) is 5. The maximum Gasteiger partial charge on any atom is 0.573 e. The molecule has 4 aromatic rings. The van der Waals surface area contributed by atoms with Gasteiger partial charge >= 0.3 is 12.7 Å². The molecule has 0 spiro atoms. The van der Waals surface area contributed by atoms with E-state index < -0.39 is 63.5 Å². The highest BCUT2D eigenvalue weighted by Crippen LogP contribution is 2.39. The normalized spacial score (nSPS) is 17.8. The van der Waals surface area contributed by atoms with Crippen molar-refractivity contribution in [2.24, 2.45) is 0 Å². The Kier molecular flexibility index (Phi) is 8.83. The molecule has 1 aliphatic heterocycles. The van der Waals surface area contributed by atoms with Gasteiger partial charge in [0.15, 0.2) is 22.3 Å². The second-order valence-corrected chi connectivity index (χ2v) is 13.7. The topological polar surface area (TPSA) is 127 Å². The zero-order chi connectivity index (χ0) is 34.4. The van der Waals surface area contributed by atoms with E-state index in [-0.39, 0.29) is 31.1 Å². The number of halogens is 7. The van der Waals surface area contributed by atoms with Crippen LogP contribution in [0.2, 0.25) is 0 Å². The number of anilines is 1. The summed E-state index contributed by atoms with van der Waals surface area (Å²) in [5.41, 5.74) is 0.498. The first kappa shape index (κ1) is 33.6. The van der Waals surface area contributed by atoms with E-state index in [1.54, 1.807) is 11.1 Å². The maximum absolute atomic E-state index is 14.3. The number of carbonyl (C=O) groups is 1. The van der Waals surface area contributed by atoms with E-state index in [4.69, 9.17) is 0 Å². The van der Waals surface area contributed by atoms with Crippen molar-refractivity contribution in [2.45, 2.75) is 49.0 Å². The summed E-state index contributed by atoms with van der Waals surface area (Å²) in [4.78, 5) is 28.3. The lowest BCUT2D eigenvalue weighted by Crippen LogP contribution is -2.60. The van der Waals surface area contributed by atoms with Gasteiger partial charge in [-0.1, -0.05) is 17.4 Å². The number of amides is 1. The van der Waals surface area contributed by atoms with Crippen LogP contribution in [0.1, 0.15) is 30.1 Å². The number of rotatable bonds is 9. The van der Waals surface area contributed by atoms with E-state index in [0.717, 1.165) is 59.6 Å². The van der Waals surface area contributed by atoms with Crippen molar-refractivity contribution >= 4 is 42.7 Å². The van der Waals surface area contributed by atoms with Crippen LogP contribution in [0.25, 0.3) is 10.3 Å². The number of hydrogen-bond donors (Lipinski definition) is 1. The molecule has 11 nitrogen and oxygen atoms in total. The van der Waals surface area contributed by atoms with E-state index in [9.17, 15) is 43.9 Å². The third-order valence-electron chi connectivity index (χ3n) is 7.36. The van der Waals surface area contributed by atoms with Crippen LogP contribution in [0.5, 0.6) is 11.5 Å². The number of nitrogens with one attached hydrogen (secondary N) is 1. The zero-order valence-corrected chi connectivity index (χ0v) is 25.9. The molecule has 1 saturated heterocycles. The Bertz CT molecular complexity index is 1940. The highest BCUT2D eigenvalue weighted by atomic mass is 32.2. The predicted molar refractivity (Wildman–Crippen MR) is 155 cm³/mol. The highest BCUT2D eigenvalue weighted by Gasteiger charge is 2.41. The lowest BCUT2D eigenvalue weighted by Gasteiger charge is -2.39.